The first kappa shape index (κ1) is 10.4. The third-order valence-electron chi connectivity index (χ3n) is 2.37. The van der Waals surface area contributed by atoms with Crippen LogP contribution in [0, 0.1) is 0 Å². The zero-order valence-electron chi connectivity index (χ0n) is 9.07. The summed E-state index contributed by atoms with van der Waals surface area (Å²) in [5.41, 5.74) is 0.192. The minimum atomic E-state index is -0.460. The quantitative estimate of drug-likeness (QED) is 0.749. The van der Waals surface area contributed by atoms with Crippen LogP contribution in [-0.2, 0) is 7.05 Å². The molecule has 0 aliphatic rings. The number of aryl methyl sites for hydroxylation is 1. The van der Waals surface area contributed by atoms with E-state index in [-0.39, 0.29) is 0 Å². The Morgan fingerprint density at radius 2 is 2.25 bits per heavy atom. The number of aromatic nitrogens is 3. The molecule has 0 atom stereocenters. The first-order chi connectivity index (χ1) is 7.65. The molecule has 6 nitrogen and oxygen atoms in total. The summed E-state index contributed by atoms with van der Waals surface area (Å²) in [4.78, 5) is 29.4. The molecular weight excluding hydrogens is 208 g/mol. The molecule has 0 radical (unpaired) electrons. The molecule has 2 heterocycles. The second-order valence-electron chi connectivity index (χ2n) is 3.41. The summed E-state index contributed by atoms with van der Waals surface area (Å²) < 4.78 is 1.32. The van der Waals surface area contributed by atoms with Gasteiger partial charge in [-0.2, -0.15) is 0 Å². The van der Waals surface area contributed by atoms with E-state index in [1.165, 1.54) is 4.57 Å². The van der Waals surface area contributed by atoms with Crippen molar-refractivity contribution in [2.24, 2.45) is 7.05 Å². The number of aromatic amines is 1. The lowest BCUT2D eigenvalue weighted by molar-refractivity contribution is 0.829. The van der Waals surface area contributed by atoms with Gasteiger partial charge in [0.15, 0.2) is 5.65 Å². The van der Waals surface area contributed by atoms with Gasteiger partial charge in [-0.3, -0.25) is 14.3 Å². The molecule has 2 N–H and O–H groups in total. The van der Waals surface area contributed by atoms with Gasteiger partial charge in [-0.05, 0) is 13.0 Å². The molecule has 0 spiro atoms. The molecule has 0 bridgehead atoms. The van der Waals surface area contributed by atoms with Gasteiger partial charge in [-0.1, -0.05) is 0 Å². The highest BCUT2D eigenvalue weighted by molar-refractivity contribution is 5.87. The van der Waals surface area contributed by atoms with Crippen LogP contribution in [0.15, 0.2) is 21.9 Å². The Hall–Kier alpha value is -2.11. The molecule has 16 heavy (non-hydrogen) atoms. The Labute approximate surface area is 90.9 Å². The average Bonchev–Trinajstić information content (AvgIpc) is 2.26. The maximum atomic E-state index is 11.7. The lowest BCUT2D eigenvalue weighted by Crippen LogP contribution is -2.29. The molecule has 0 fully saturated rings. The fourth-order valence-corrected chi connectivity index (χ4v) is 1.61. The zero-order valence-corrected chi connectivity index (χ0v) is 9.07. The van der Waals surface area contributed by atoms with Crippen LogP contribution in [0.25, 0.3) is 11.0 Å². The topological polar surface area (TPSA) is 79.8 Å². The smallest absolute Gasteiger partial charge is 0.329 e. The van der Waals surface area contributed by atoms with Gasteiger partial charge in [-0.15, -0.1) is 0 Å². The first-order valence-electron chi connectivity index (χ1n) is 4.97. The molecule has 0 amide bonds. The molecule has 0 aromatic carbocycles. The zero-order chi connectivity index (χ0) is 11.7. The summed E-state index contributed by atoms with van der Waals surface area (Å²) in [6, 6.07) is 1.71. The molecule has 0 unspecified atom stereocenters. The van der Waals surface area contributed by atoms with Crippen LogP contribution < -0.4 is 16.6 Å². The fourth-order valence-electron chi connectivity index (χ4n) is 1.61. The summed E-state index contributed by atoms with van der Waals surface area (Å²) in [7, 11) is 1.57. The van der Waals surface area contributed by atoms with Crippen molar-refractivity contribution < 1.29 is 0 Å². The van der Waals surface area contributed by atoms with E-state index in [9.17, 15) is 9.59 Å². The number of hydrogen-bond donors (Lipinski definition) is 2. The van der Waals surface area contributed by atoms with Gasteiger partial charge < -0.3 is 5.32 Å². The normalized spacial score (nSPS) is 10.6. The maximum Gasteiger partial charge on any atom is 0.329 e. The summed E-state index contributed by atoms with van der Waals surface area (Å²) in [6.07, 6.45) is 1.57. The van der Waals surface area contributed by atoms with Crippen molar-refractivity contribution >= 4 is 16.7 Å². The Morgan fingerprint density at radius 3 is 2.94 bits per heavy atom. The number of pyridine rings is 1. The number of fused-ring (bicyclic) bond motifs is 1. The van der Waals surface area contributed by atoms with Crippen LogP contribution in [0.4, 0.5) is 5.69 Å². The molecule has 0 saturated heterocycles. The van der Waals surface area contributed by atoms with E-state index in [1.807, 2.05) is 6.92 Å². The van der Waals surface area contributed by atoms with Crippen molar-refractivity contribution in [2.75, 3.05) is 11.9 Å². The summed E-state index contributed by atoms with van der Waals surface area (Å²) >= 11 is 0. The van der Waals surface area contributed by atoms with Crippen molar-refractivity contribution in [1.29, 1.82) is 0 Å². The third-order valence-corrected chi connectivity index (χ3v) is 2.37. The van der Waals surface area contributed by atoms with Gasteiger partial charge in [0.25, 0.3) is 5.56 Å². The van der Waals surface area contributed by atoms with Gasteiger partial charge in [0.1, 0.15) is 5.39 Å². The van der Waals surface area contributed by atoms with Crippen LogP contribution in [0.1, 0.15) is 6.92 Å². The lowest BCUT2D eigenvalue weighted by Gasteiger charge is -2.08. The van der Waals surface area contributed by atoms with E-state index < -0.39 is 11.2 Å². The van der Waals surface area contributed by atoms with E-state index >= 15 is 0 Å². The minimum Gasteiger partial charge on any atom is -0.385 e. The molecular formula is C10H12N4O2. The standard InChI is InChI=1S/C10H12N4O2/c1-3-11-6-4-5-12-8-7(6)9(15)13-10(16)14(8)2/h4-5H,3H2,1-2H3,(H,11,12)(H,13,15,16). The summed E-state index contributed by atoms with van der Waals surface area (Å²) in [5.74, 6) is 0. The van der Waals surface area contributed by atoms with Crippen molar-refractivity contribution in [3.05, 3.63) is 33.1 Å². The lowest BCUT2D eigenvalue weighted by atomic mass is 10.2. The van der Waals surface area contributed by atoms with E-state index in [4.69, 9.17) is 0 Å². The predicted molar refractivity (Wildman–Crippen MR) is 61.8 cm³/mol. The molecule has 0 aliphatic carbocycles. The second kappa shape index (κ2) is 3.80. The largest absolute Gasteiger partial charge is 0.385 e. The molecule has 84 valence electrons. The monoisotopic (exact) mass is 220 g/mol. The first-order valence-corrected chi connectivity index (χ1v) is 4.97. The number of H-pyrrole nitrogens is 1. The average molecular weight is 220 g/mol. The molecule has 2 aromatic rings. The number of rotatable bonds is 2. The molecule has 0 saturated carbocycles. The van der Waals surface area contributed by atoms with Crippen molar-refractivity contribution in [3.8, 4) is 0 Å². The number of hydrogen-bond acceptors (Lipinski definition) is 4. The highest BCUT2D eigenvalue weighted by atomic mass is 16.2. The molecule has 2 aromatic heterocycles. The number of nitrogens with one attached hydrogen (secondary N) is 2. The SMILES string of the molecule is CCNc1ccnc2c1c(=O)[nH]c(=O)n2C. The maximum absolute atomic E-state index is 11.7. The fraction of sp³-hybridized carbons (Fsp3) is 0.300. The van der Waals surface area contributed by atoms with Crippen molar-refractivity contribution in [2.45, 2.75) is 6.92 Å². The highest BCUT2D eigenvalue weighted by Gasteiger charge is 2.09. The highest BCUT2D eigenvalue weighted by Crippen LogP contribution is 2.15. The van der Waals surface area contributed by atoms with Crippen LogP contribution in [0.3, 0.4) is 0 Å². The van der Waals surface area contributed by atoms with Gasteiger partial charge in [0.05, 0.1) is 5.69 Å². The van der Waals surface area contributed by atoms with Crippen LogP contribution in [-0.4, -0.2) is 21.1 Å². The van der Waals surface area contributed by atoms with E-state index in [1.54, 1.807) is 19.3 Å². The Bertz CT molecular complexity index is 641. The van der Waals surface area contributed by atoms with Gasteiger partial charge in [0.2, 0.25) is 0 Å². The molecule has 6 heteroatoms. The summed E-state index contributed by atoms with van der Waals surface area (Å²) in [6.45, 7) is 2.63. The van der Waals surface area contributed by atoms with Crippen LogP contribution in [0.2, 0.25) is 0 Å². The Kier molecular flexibility index (Phi) is 2.47. The van der Waals surface area contributed by atoms with E-state index in [2.05, 4.69) is 15.3 Å². The Balaban J connectivity index is 2.93. The Morgan fingerprint density at radius 1 is 1.50 bits per heavy atom. The molecule has 0 aliphatic heterocycles. The summed E-state index contributed by atoms with van der Waals surface area (Å²) in [5, 5.41) is 3.47. The minimum absolute atomic E-state index is 0.382. The van der Waals surface area contributed by atoms with E-state index in [0.717, 1.165) is 0 Å². The van der Waals surface area contributed by atoms with Gasteiger partial charge in [-0.25, -0.2) is 9.78 Å². The molecule has 2 rings (SSSR count). The van der Waals surface area contributed by atoms with Crippen molar-refractivity contribution in [3.63, 3.8) is 0 Å². The van der Waals surface area contributed by atoms with Crippen LogP contribution in [0.5, 0.6) is 0 Å². The predicted octanol–water partition coefficient (Wildman–Crippen LogP) is 0.0536. The van der Waals surface area contributed by atoms with Gasteiger partial charge in [0, 0.05) is 19.8 Å². The van der Waals surface area contributed by atoms with Crippen molar-refractivity contribution in [1.82, 2.24) is 14.5 Å². The number of nitrogens with zero attached hydrogens (tertiary/aromatic N) is 2. The second-order valence-corrected chi connectivity index (χ2v) is 3.41. The van der Waals surface area contributed by atoms with E-state index in [0.29, 0.717) is 23.3 Å². The van der Waals surface area contributed by atoms with Crippen LogP contribution >= 0.6 is 0 Å². The van der Waals surface area contributed by atoms with Gasteiger partial charge >= 0.3 is 5.69 Å². The third kappa shape index (κ3) is 1.48. The number of anilines is 1.